The van der Waals surface area contributed by atoms with Gasteiger partial charge in [0.1, 0.15) is 0 Å². The lowest BCUT2D eigenvalue weighted by atomic mass is 9.90. The zero-order valence-corrected chi connectivity index (χ0v) is 11.4. The van der Waals surface area contributed by atoms with Gasteiger partial charge in [0.25, 0.3) is 0 Å². The highest BCUT2D eigenvalue weighted by atomic mass is 35.5. The van der Waals surface area contributed by atoms with Crippen molar-refractivity contribution in [2.45, 2.75) is 45.1 Å². The molecule has 0 saturated carbocycles. The normalized spacial score (nSPS) is 14.8. The number of hydrogen-bond donors (Lipinski definition) is 1. The molecular formula is C13H19Cl2N. The van der Waals surface area contributed by atoms with Gasteiger partial charge in [0.05, 0.1) is 0 Å². The van der Waals surface area contributed by atoms with Gasteiger partial charge in [-0.2, -0.15) is 0 Å². The van der Waals surface area contributed by atoms with Crippen molar-refractivity contribution >= 4 is 23.2 Å². The van der Waals surface area contributed by atoms with Gasteiger partial charge in [-0.15, -0.1) is 0 Å². The summed E-state index contributed by atoms with van der Waals surface area (Å²) in [5.41, 5.74) is 6.93. The molecule has 2 atom stereocenters. The minimum absolute atomic E-state index is 0.243. The molecule has 0 fully saturated rings. The third kappa shape index (κ3) is 3.97. The summed E-state index contributed by atoms with van der Waals surface area (Å²) in [6, 6.07) is 5.91. The number of nitrogens with two attached hydrogens (primary N) is 1. The molecule has 1 rings (SSSR count). The second kappa shape index (κ2) is 6.48. The first-order valence-corrected chi connectivity index (χ1v) is 6.50. The van der Waals surface area contributed by atoms with Crippen LogP contribution in [-0.2, 0) is 0 Å². The van der Waals surface area contributed by atoms with Crippen LogP contribution in [0.4, 0.5) is 0 Å². The van der Waals surface area contributed by atoms with Crippen LogP contribution in [0.15, 0.2) is 18.2 Å². The summed E-state index contributed by atoms with van der Waals surface area (Å²) < 4.78 is 0. The maximum Gasteiger partial charge on any atom is 0.0441 e. The van der Waals surface area contributed by atoms with Crippen LogP contribution in [0.2, 0.25) is 10.0 Å². The van der Waals surface area contributed by atoms with E-state index < -0.39 is 0 Å². The Balaban J connectivity index is 2.81. The SMILES string of the molecule is CCC(CCC(C)N)c1cc(Cl)ccc1Cl. The largest absolute Gasteiger partial charge is 0.328 e. The molecule has 90 valence electrons. The van der Waals surface area contributed by atoms with Crippen molar-refractivity contribution in [3.63, 3.8) is 0 Å². The van der Waals surface area contributed by atoms with Crippen LogP contribution >= 0.6 is 23.2 Å². The molecule has 0 heterocycles. The molecule has 1 aromatic carbocycles. The minimum Gasteiger partial charge on any atom is -0.328 e. The molecule has 2 unspecified atom stereocenters. The van der Waals surface area contributed by atoms with Gasteiger partial charge in [0.15, 0.2) is 0 Å². The third-order valence-electron chi connectivity index (χ3n) is 2.86. The first-order valence-electron chi connectivity index (χ1n) is 5.75. The Morgan fingerprint density at radius 1 is 1.25 bits per heavy atom. The van der Waals surface area contributed by atoms with Crippen LogP contribution in [0.3, 0.4) is 0 Å². The lowest BCUT2D eigenvalue weighted by Crippen LogP contribution is -2.15. The zero-order valence-electron chi connectivity index (χ0n) is 9.84. The summed E-state index contributed by atoms with van der Waals surface area (Å²) in [6.07, 6.45) is 3.14. The Morgan fingerprint density at radius 3 is 2.50 bits per heavy atom. The second-order valence-electron chi connectivity index (χ2n) is 4.33. The molecule has 0 aliphatic carbocycles. The zero-order chi connectivity index (χ0) is 12.1. The molecule has 3 heteroatoms. The average Bonchev–Trinajstić information content (AvgIpc) is 2.23. The maximum atomic E-state index is 6.20. The van der Waals surface area contributed by atoms with Crippen molar-refractivity contribution in [3.05, 3.63) is 33.8 Å². The van der Waals surface area contributed by atoms with Crippen molar-refractivity contribution in [2.75, 3.05) is 0 Å². The van der Waals surface area contributed by atoms with Crippen LogP contribution in [0, 0.1) is 0 Å². The summed E-state index contributed by atoms with van der Waals surface area (Å²) >= 11 is 12.2. The quantitative estimate of drug-likeness (QED) is 0.821. The Labute approximate surface area is 108 Å². The first kappa shape index (κ1) is 13.8. The smallest absolute Gasteiger partial charge is 0.0441 e. The predicted molar refractivity (Wildman–Crippen MR) is 72.4 cm³/mol. The molecule has 1 aromatic rings. The second-order valence-corrected chi connectivity index (χ2v) is 5.17. The van der Waals surface area contributed by atoms with Gasteiger partial charge in [-0.25, -0.2) is 0 Å². The Bertz CT molecular complexity index is 337. The number of halogens is 2. The molecule has 0 aliphatic rings. The summed E-state index contributed by atoms with van der Waals surface area (Å²) in [5, 5.41) is 1.56. The van der Waals surface area contributed by atoms with Crippen LogP contribution in [0.5, 0.6) is 0 Å². The van der Waals surface area contributed by atoms with Crippen molar-refractivity contribution in [3.8, 4) is 0 Å². The van der Waals surface area contributed by atoms with E-state index in [0.717, 1.165) is 34.9 Å². The predicted octanol–water partition coefficient (Wildman–Crippen LogP) is 4.61. The highest BCUT2D eigenvalue weighted by Crippen LogP contribution is 2.32. The van der Waals surface area contributed by atoms with Gasteiger partial charge in [-0.1, -0.05) is 30.1 Å². The fourth-order valence-corrected chi connectivity index (χ4v) is 2.32. The van der Waals surface area contributed by atoms with Crippen molar-refractivity contribution < 1.29 is 0 Å². The van der Waals surface area contributed by atoms with E-state index in [-0.39, 0.29) is 6.04 Å². The van der Waals surface area contributed by atoms with Gasteiger partial charge in [-0.3, -0.25) is 0 Å². The van der Waals surface area contributed by atoms with Crippen molar-refractivity contribution in [2.24, 2.45) is 5.73 Å². The van der Waals surface area contributed by atoms with E-state index in [1.165, 1.54) is 0 Å². The summed E-state index contributed by atoms with van der Waals surface area (Å²) in [6.45, 7) is 4.20. The standard InChI is InChI=1S/C13H19Cl2N/c1-3-10(5-4-9(2)16)12-8-11(14)6-7-13(12)15/h6-10H,3-5,16H2,1-2H3. The van der Waals surface area contributed by atoms with Gasteiger partial charge in [0, 0.05) is 16.1 Å². The van der Waals surface area contributed by atoms with Gasteiger partial charge in [0.2, 0.25) is 0 Å². The Kier molecular flexibility index (Phi) is 5.60. The summed E-state index contributed by atoms with van der Waals surface area (Å²) in [5.74, 6) is 0.456. The summed E-state index contributed by atoms with van der Waals surface area (Å²) in [4.78, 5) is 0. The maximum absolute atomic E-state index is 6.20. The fourth-order valence-electron chi connectivity index (χ4n) is 1.87. The van der Waals surface area contributed by atoms with E-state index in [1.54, 1.807) is 0 Å². The molecule has 0 radical (unpaired) electrons. The average molecular weight is 260 g/mol. The van der Waals surface area contributed by atoms with E-state index in [4.69, 9.17) is 28.9 Å². The number of rotatable bonds is 5. The molecule has 16 heavy (non-hydrogen) atoms. The Morgan fingerprint density at radius 2 is 1.94 bits per heavy atom. The van der Waals surface area contributed by atoms with E-state index in [1.807, 2.05) is 25.1 Å². The molecule has 0 spiro atoms. The Hall–Kier alpha value is -0.240. The third-order valence-corrected chi connectivity index (χ3v) is 3.44. The van der Waals surface area contributed by atoms with Gasteiger partial charge < -0.3 is 5.73 Å². The molecule has 1 nitrogen and oxygen atoms in total. The molecular weight excluding hydrogens is 241 g/mol. The van der Waals surface area contributed by atoms with E-state index in [0.29, 0.717) is 5.92 Å². The van der Waals surface area contributed by atoms with E-state index in [9.17, 15) is 0 Å². The van der Waals surface area contributed by atoms with Gasteiger partial charge >= 0.3 is 0 Å². The molecule has 0 saturated heterocycles. The highest BCUT2D eigenvalue weighted by Gasteiger charge is 2.14. The molecule has 0 bridgehead atoms. The van der Waals surface area contributed by atoms with Crippen LogP contribution in [-0.4, -0.2) is 6.04 Å². The lowest BCUT2D eigenvalue weighted by Gasteiger charge is -2.18. The van der Waals surface area contributed by atoms with E-state index in [2.05, 4.69) is 6.92 Å². The van der Waals surface area contributed by atoms with Crippen LogP contribution in [0.25, 0.3) is 0 Å². The molecule has 0 aromatic heterocycles. The number of hydrogen-bond acceptors (Lipinski definition) is 1. The lowest BCUT2D eigenvalue weighted by molar-refractivity contribution is 0.532. The van der Waals surface area contributed by atoms with Gasteiger partial charge in [-0.05, 0) is 55.9 Å². The highest BCUT2D eigenvalue weighted by molar-refractivity contribution is 6.33. The molecule has 0 aliphatic heterocycles. The van der Waals surface area contributed by atoms with Crippen LogP contribution in [0.1, 0.15) is 44.6 Å². The molecule has 0 amide bonds. The fraction of sp³-hybridized carbons (Fsp3) is 0.538. The number of benzene rings is 1. The van der Waals surface area contributed by atoms with Crippen molar-refractivity contribution in [1.82, 2.24) is 0 Å². The van der Waals surface area contributed by atoms with Crippen molar-refractivity contribution in [1.29, 1.82) is 0 Å². The monoisotopic (exact) mass is 259 g/mol. The molecule has 2 N–H and O–H groups in total. The minimum atomic E-state index is 0.243. The summed E-state index contributed by atoms with van der Waals surface area (Å²) in [7, 11) is 0. The first-order chi connectivity index (χ1) is 7.54. The topological polar surface area (TPSA) is 26.0 Å². The van der Waals surface area contributed by atoms with E-state index >= 15 is 0 Å². The van der Waals surface area contributed by atoms with Crippen LogP contribution < -0.4 is 5.73 Å².